The fourth-order valence-electron chi connectivity index (χ4n) is 3.91. The van der Waals surface area contributed by atoms with Crippen molar-refractivity contribution in [2.45, 2.75) is 57.5 Å². The number of Topliss-reactive ketones (excluding diaryl/α,β-unsaturated/α-hetero) is 1. The summed E-state index contributed by atoms with van der Waals surface area (Å²) in [6.07, 6.45) is 5.54. The molecule has 0 radical (unpaired) electrons. The van der Waals surface area contributed by atoms with Crippen molar-refractivity contribution in [1.82, 2.24) is 10.6 Å². The lowest BCUT2D eigenvalue weighted by atomic mass is 9.90. The molecule has 0 aromatic heterocycles. The number of guanidine groups is 1. The maximum absolute atomic E-state index is 13.4. The summed E-state index contributed by atoms with van der Waals surface area (Å²) >= 11 is 0. The summed E-state index contributed by atoms with van der Waals surface area (Å²) in [5.74, 6) is -0.841. The Balaban J connectivity index is 3.01. The number of carbonyl (C=O) groups excluding carboxylic acids is 4. The van der Waals surface area contributed by atoms with Gasteiger partial charge >= 0.3 is 5.96 Å². The number of ether oxygens (including phenoxy) is 2. The highest BCUT2D eigenvalue weighted by Crippen LogP contribution is 2.18. The van der Waals surface area contributed by atoms with Crippen LogP contribution in [0.5, 0.6) is 5.75 Å². The quantitative estimate of drug-likeness (QED) is 0.0458. The van der Waals surface area contributed by atoms with Crippen LogP contribution in [0, 0.1) is 5.92 Å². The maximum Gasteiger partial charge on any atom is 0.338 e. The molecule has 11 nitrogen and oxygen atoms in total. The van der Waals surface area contributed by atoms with Crippen LogP contribution < -0.4 is 31.8 Å². The average molecular weight is 545 g/mol. The minimum atomic E-state index is -0.812. The topological polar surface area (TPSA) is 177 Å². The van der Waals surface area contributed by atoms with Gasteiger partial charge in [0.2, 0.25) is 11.8 Å². The Bertz CT molecular complexity index is 975. The van der Waals surface area contributed by atoms with E-state index >= 15 is 0 Å². The smallest absolute Gasteiger partial charge is 0.338 e. The van der Waals surface area contributed by atoms with Crippen molar-refractivity contribution in [3.05, 3.63) is 55.1 Å². The van der Waals surface area contributed by atoms with Crippen molar-refractivity contribution in [2.75, 3.05) is 19.8 Å². The standard InChI is InChI=1S/C28H41N5O6/c1-4-8-23(18-38-19-34)33-27(37)22(9-6-7-14-31-28(29)30)17-26(36)25(32-20(3)35)16-21-10-12-24(13-11-21)39-15-5-2/h4-5,10-13,19,22-23,25H,1-2,6-9,14-18H2,3H3,(H,32,35)(H,33,37)(H4,29,30,31)/p+1/t22-,23-,25-/m0/s1. The van der Waals surface area contributed by atoms with Crippen LogP contribution in [-0.4, -0.2) is 61.9 Å². The first-order valence-electron chi connectivity index (χ1n) is 12.9. The zero-order valence-electron chi connectivity index (χ0n) is 22.7. The van der Waals surface area contributed by atoms with E-state index in [0.29, 0.717) is 51.1 Å². The van der Waals surface area contributed by atoms with E-state index in [1.165, 1.54) is 6.92 Å². The van der Waals surface area contributed by atoms with Gasteiger partial charge in [0.25, 0.3) is 6.47 Å². The summed E-state index contributed by atoms with van der Waals surface area (Å²) in [6.45, 7) is 9.83. The van der Waals surface area contributed by atoms with E-state index in [0.717, 1.165) is 5.56 Å². The van der Waals surface area contributed by atoms with E-state index < -0.39 is 18.0 Å². The van der Waals surface area contributed by atoms with Gasteiger partial charge in [0, 0.05) is 19.3 Å². The molecule has 0 unspecified atom stereocenters. The number of ketones is 1. The minimum absolute atomic E-state index is 0.0154. The number of unbranched alkanes of at least 4 members (excludes halogenated alkanes) is 1. The van der Waals surface area contributed by atoms with Gasteiger partial charge in [0.1, 0.15) is 19.0 Å². The third kappa shape index (κ3) is 14.4. The average Bonchev–Trinajstić information content (AvgIpc) is 2.89. The van der Waals surface area contributed by atoms with Gasteiger partial charge in [-0.25, -0.2) is 0 Å². The number of amides is 2. The van der Waals surface area contributed by atoms with Crippen LogP contribution in [0.4, 0.5) is 0 Å². The summed E-state index contributed by atoms with van der Waals surface area (Å²) in [5, 5.41) is 5.58. The number of nitrogens with two attached hydrogens (primary N) is 2. The van der Waals surface area contributed by atoms with E-state index in [4.69, 9.17) is 20.9 Å². The van der Waals surface area contributed by atoms with Gasteiger partial charge in [0.15, 0.2) is 5.78 Å². The lowest BCUT2D eigenvalue weighted by molar-refractivity contribution is -0.459. The number of benzene rings is 1. The van der Waals surface area contributed by atoms with E-state index in [1.807, 2.05) is 12.1 Å². The number of hydrogen-bond donors (Lipinski definition) is 5. The van der Waals surface area contributed by atoms with Crippen LogP contribution in [0.15, 0.2) is 49.6 Å². The highest BCUT2D eigenvalue weighted by Gasteiger charge is 2.28. The molecule has 0 saturated carbocycles. The number of carbonyl (C=O) groups is 4. The molecule has 3 atom stereocenters. The van der Waals surface area contributed by atoms with Crippen LogP contribution in [0.25, 0.3) is 0 Å². The second kappa shape index (κ2) is 19.0. The van der Waals surface area contributed by atoms with Crippen molar-refractivity contribution in [2.24, 2.45) is 17.4 Å². The van der Waals surface area contributed by atoms with Gasteiger partial charge in [-0.2, -0.15) is 0 Å². The molecule has 0 aliphatic rings. The number of hydrogen-bond acceptors (Lipinski definition) is 6. The molecule has 0 aliphatic carbocycles. The normalized spacial score (nSPS) is 12.6. The van der Waals surface area contributed by atoms with E-state index in [2.05, 4.69) is 28.8 Å². The Morgan fingerprint density at radius 3 is 2.38 bits per heavy atom. The highest BCUT2D eigenvalue weighted by molar-refractivity contribution is 5.92. The van der Waals surface area contributed by atoms with Crippen molar-refractivity contribution < 1.29 is 33.6 Å². The van der Waals surface area contributed by atoms with Crippen LogP contribution >= 0.6 is 0 Å². The monoisotopic (exact) mass is 544 g/mol. The molecular weight excluding hydrogens is 502 g/mol. The second-order valence-corrected chi connectivity index (χ2v) is 9.11. The number of rotatable bonds is 21. The lowest BCUT2D eigenvalue weighted by Crippen LogP contribution is -2.78. The zero-order chi connectivity index (χ0) is 29.0. The van der Waals surface area contributed by atoms with Crippen LogP contribution in [-0.2, 0) is 30.3 Å². The van der Waals surface area contributed by atoms with Gasteiger partial charge in [0.05, 0.1) is 18.6 Å². The first kappa shape index (κ1) is 32.9. The molecule has 7 N–H and O–H groups in total. The van der Waals surface area contributed by atoms with E-state index in [9.17, 15) is 19.2 Å². The molecule has 11 heteroatoms. The molecule has 0 saturated heterocycles. The minimum Gasteiger partial charge on any atom is -0.490 e. The molecule has 1 rings (SSSR count). The summed E-state index contributed by atoms with van der Waals surface area (Å²) in [7, 11) is 0. The third-order valence-corrected chi connectivity index (χ3v) is 5.79. The second-order valence-electron chi connectivity index (χ2n) is 9.11. The van der Waals surface area contributed by atoms with Gasteiger partial charge in [-0.1, -0.05) is 30.9 Å². The van der Waals surface area contributed by atoms with Crippen LogP contribution in [0.2, 0.25) is 0 Å². The molecule has 1 aromatic rings. The van der Waals surface area contributed by atoms with Crippen LogP contribution in [0.1, 0.15) is 44.6 Å². The number of nitrogens with one attached hydrogen (secondary N) is 3. The molecule has 1 aromatic carbocycles. The maximum atomic E-state index is 13.4. The Morgan fingerprint density at radius 1 is 1.08 bits per heavy atom. The molecule has 0 bridgehead atoms. The molecular formula is C28H42N5O6+. The van der Waals surface area contributed by atoms with Gasteiger partial charge in [-0.3, -0.25) is 35.6 Å². The SMILES string of the molecule is C=CCOc1ccc(C[C@H](NC(C)=O)C(=O)C[C@H](CCCC[NH+]=C(N)N)C(=O)N[C@@H](CC=C)COC=O)cc1. The summed E-state index contributed by atoms with van der Waals surface area (Å²) in [6, 6.07) is 5.93. The molecule has 0 heterocycles. The van der Waals surface area contributed by atoms with E-state index in [1.54, 1.807) is 24.3 Å². The zero-order valence-corrected chi connectivity index (χ0v) is 22.7. The first-order chi connectivity index (χ1) is 18.7. The predicted octanol–water partition coefficient (Wildman–Crippen LogP) is -0.368. The summed E-state index contributed by atoms with van der Waals surface area (Å²) in [4.78, 5) is 52.0. The Hall–Kier alpha value is -4.15. The Labute approximate surface area is 230 Å². The molecule has 2 amide bonds. The molecule has 0 fully saturated rings. The predicted molar refractivity (Wildman–Crippen MR) is 148 cm³/mol. The molecule has 0 aliphatic heterocycles. The Kier molecular flexibility index (Phi) is 16.0. The third-order valence-electron chi connectivity index (χ3n) is 5.79. The fourth-order valence-corrected chi connectivity index (χ4v) is 3.91. The largest absolute Gasteiger partial charge is 0.490 e. The molecule has 39 heavy (non-hydrogen) atoms. The van der Waals surface area contributed by atoms with Crippen molar-refractivity contribution in [1.29, 1.82) is 0 Å². The van der Waals surface area contributed by atoms with Gasteiger partial charge in [-0.05, 0) is 49.8 Å². The van der Waals surface area contributed by atoms with Crippen molar-refractivity contribution >= 4 is 30.0 Å². The summed E-state index contributed by atoms with van der Waals surface area (Å²) < 4.78 is 10.3. The van der Waals surface area contributed by atoms with E-state index in [-0.39, 0.29) is 43.0 Å². The van der Waals surface area contributed by atoms with Crippen molar-refractivity contribution in [3.8, 4) is 5.75 Å². The van der Waals surface area contributed by atoms with Crippen LogP contribution in [0.3, 0.4) is 0 Å². The summed E-state index contributed by atoms with van der Waals surface area (Å²) in [5.41, 5.74) is 11.7. The Morgan fingerprint density at radius 2 is 1.79 bits per heavy atom. The fraction of sp³-hybridized carbons (Fsp3) is 0.464. The van der Waals surface area contributed by atoms with Gasteiger partial charge in [-0.15, -0.1) is 6.58 Å². The molecule has 0 spiro atoms. The highest BCUT2D eigenvalue weighted by atomic mass is 16.5. The van der Waals surface area contributed by atoms with Crippen molar-refractivity contribution in [3.63, 3.8) is 0 Å². The van der Waals surface area contributed by atoms with Gasteiger partial charge < -0.3 is 20.1 Å². The molecule has 214 valence electrons. The first-order valence-corrected chi connectivity index (χ1v) is 12.9. The lowest BCUT2D eigenvalue weighted by Gasteiger charge is -2.23.